The number of methoxy groups -OCH3 is 3. The zero-order valence-electron chi connectivity index (χ0n) is 19.3. The molecule has 1 fully saturated rings. The normalized spacial score (nSPS) is 15.6. The van der Waals surface area contributed by atoms with Gasteiger partial charge in [-0.2, -0.15) is 0 Å². The first-order chi connectivity index (χ1) is 15.5. The first-order valence-corrected chi connectivity index (χ1v) is 10.5. The van der Waals surface area contributed by atoms with Crippen molar-refractivity contribution in [2.75, 3.05) is 45.9 Å². The van der Waals surface area contributed by atoms with Crippen LogP contribution in [0, 0.1) is 11.6 Å². The molecule has 0 radical (unpaired) electrons. The van der Waals surface area contributed by atoms with E-state index in [1.165, 1.54) is 18.2 Å². The van der Waals surface area contributed by atoms with E-state index in [1.54, 1.807) is 26.2 Å². The summed E-state index contributed by atoms with van der Waals surface area (Å²) in [6, 6.07) is 7.65. The van der Waals surface area contributed by atoms with E-state index >= 15 is 0 Å². The number of rotatable bonds is 8. The van der Waals surface area contributed by atoms with E-state index in [9.17, 15) is 8.78 Å². The summed E-state index contributed by atoms with van der Waals surface area (Å²) in [5.41, 5.74) is 0.911. The summed E-state index contributed by atoms with van der Waals surface area (Å²) in [6.07, 6.45) is 0.738. The molecular formula is C23H31F2IN4O3. The van der Waals surface area contributed by atoms with E-state index in [0.29, 0.717) is 49.4 Å². The number of hydrogen-bond acceptors (Lipinski definition) is 5. The summed E-state index contributed by atoms with van der Waals surface area (Å²) in [5, 5.41) is 6.59. The van der Waals surface area contributed by atoms with Crippen molar-refractivity contribution >= 4 is 35.6 Å². The van der Waals surface area contributed by atoms with E-state index in [0.717, 1.165) is 12.0 Å². The van der Waals surface area contributed by atoms with Crippen molar-refractivity contribution in [2.45, 2.75) is 25.9 Å². The molecule has 1 atom stereocenters. The van der Waals surface area contributed by atoms with Crippen molar-refractivity contribution < 1.29 is 23.0 Å². The lowest BCUT2D eigenvalue weighted by atomic mass is 10.2. The lowest BCUT2D eigenvalue weighted by Crippen LogP contribution is -2.44. The standard InChI is InChI=1S/C23H30F2N4O3.HI/c1-5-26-23(27-13-15-11-19(30-2)22(32-4)20(12-15)31-3)28-16-9-10-29(14-16)21-17(24)7-6-8-18(21)25;/h6-8,11-12,16H,5,9-10,13-14H2,1-4H3,(H2,26,27,28);1H. The van der Waals surface area contributed by atoms with Crippen LogP contribution in [0.4, 0.5) is 14.5 Å². The number of para-hydroxylation sites is 1. The number of aliphatic imine (C=N–C) groups is 1. The van der Waals surface area contributed by atoms with Gasteiger partial charge in [-0.1, -0.05) is 6.07 Å². The highest BCUT2D eigenvalue weighted by Crippen LogP contribution is 2.38. The van der Waals surface area contributed by atoms with Gasteiger partial charge < -0.3 is 29.7 Å². The quantitative estimate of drug-likeness (QED) is 0.282. The Labute approximate surface area is 210 Å². The maximum Gasteiger partial charge on any atom is 0.203 e. The third-order valence-corrected chi connectivity index (χ3v) is 5.27. The number of anilines is 1. The number of halogens is 3. The predicted molar refractivity (Wildman–Crippen MR) is 136 cm³/mol. The summed E-state index contributed by atoms with van der Waals surface area (Å²) in [4.78, 5) is 6.39. The van der Waals surface area contributed by atoms with Gasteiger partial charge in [0.25, 0.3) is 0 Å². The largest absolute Gasteiger partial charge is 0.493 e. The third-order valence-electron chi connectivity index (χ3n) is 5.27. The van der Waals surface area contributed by atoms with Gasteiger partial charge in [-0.3, -0.25) is 0 Å². The fourth-order valence-electron chi connectivity index (χ4n) is 3.78. The molecule has 7 nitrogen and oxygen atoms in total. The molecule has 1 aliphatic rings. The average molecular weight is 576 g/mol. The van der Waals surface area contributed by atoms with E-state index in [2.05, 4.69) is 15.6 Å². The first-order valence-electron chi connectivity index (χ1n) is 10.5. The van der Waals surface area contributed by atoms with E-state index < -0.39 is 11.6 Å². The first kappa shape index (κ1) is 26.7. The van der Waals surface area contributed by atoms with Gasteiger partial charge in [0.2, 0.25) is 5.75 Å². The summed E-state index contributed by atoms with van der Waals surface area (Å²) < 4.78 is 44.4. The Morgan fingerprint density at radius 1 is 1.09 bits per heavy atom. The highest BCUT2D eigenvalue weighted by atomic mass is 127. The Bertz CT molecular complexity index is 916. The van der Waals surface area contributed by atoms with Gasteiger partial charge in [-0.05, 0) is 43.2 Å². The van der Waals surface area contributed by atoms with Crippen LogP contribution in [0.25, 0.3) is 0 Å². The van der Waals surface area contributed by atoms with Crippen LogP contribution in [-0.4, -0.2) is 53.0 Å². The van der Waals surface area contributed by atoms with Gasteiger partial charge in [0.05, 0.1) is 27.9 Å². The molecular weight excluding hydrogens is 545 g/mol. The van der Waals surface area contributed by atoms with Gasteiger partial charge in [0.15, 0.2) is 17.5 Å². The molecule has 3 rings (SSSR count). The molecule has 2 N–H and O–H groups in total. The number of nitrogens with one attached hydrogen (secondary N) is 2. The monoisotopic (exact) mass is 576 g/mol. The van der Waals surface area contributed by atoms with Gasteiger partial charge >= 0.3 is 0 Å². The lowest BCUT2D eigenvalue weighted by Gasteiger charge is -2.21. The van der Waals surface area contributed by atoms with E-state index in [1.807, 2.05) is 19.1 Å². The molecule has 1 saturated heterocycles. The Hall–Kier alpha value is -2.50. The maximum atomic E-state index is 14.1. The molecule has 10 heteroatoms. The SMILES string of the molecule is CCNC(=NCc1cc(OC)c(OC)c(OC)c1)NC1CCN(c2c(F)cccc2F)C1.I. The molecule has 1 unspecified atom stereocenters. The minimum Gasteiger partial charge on any atom is -0.493 e. The second kappa shape index (κ2) is 12.7. The summed E-state index contributed by atoms with van der Waals surface area (Å²) in [6.45, 7) is 4.07. The van der Waals surface area contributed by atoms with Gasteiger partial charge in [0, 0.05) is 25.7 Å². The average Bonchev–Trinajstić information content (AvgIpc) is 3.24. The highest BCUT2D eigenvalue weighted by Gasteiger charge is 2.27. The van der Waals surface area contributed by atoms with Crippen LogP contribution in [0.1, 0.15) is 18.9 Å². The van der Waals surface area contributed by atoms with Crippen LogP contribution < -0.4 is 29.7 Å². The minimum absolute atomic E-state index is 0. The van der Waals surface area contributed by atoms with E-state index in [-0.39, 0.29) is 35.7 Å². The second-order valence-electron chi connectivity index (χ2n) is 7.37. The van der Waals surface area contributed by atoms with Gasteiger partial charge in [0.1, 0.15) is 17.3 Å². The van der Waals surface area contributed by atoms with Crippen LogP contribution in [0.5, 0.6) is 17.2 Å². The second-order valence-corrected chi connectivity index (χ2v) is 7.37. The van der Waals surface area contributed by atoms with Gasteiger partial charge in [-0.15, -0.1) is 24.0 Å². The zero-order valence-corrected chi connectivity index (χ0v) is 21.6. The van der Waals surface area contributed by atoms with Crippen LogP contribution in [0.2, 0.25) is 0 Å². The lowest BCUT2D eigenvalue weighted by molar-refractivity contribution is 0.324. The van der Waals surface area contributed by atoms with Crippen LogP contribution >= 0.6 is 24.0 Å². The molecule has 0 aromatic heterocycles. The number of ether oxygens (including phenoxy) is 3. The molecule has 1 aliphatic heterocycles. The molecule has 2 aromatic carbocycles. The van der Waals surface area contributed by atoms with Crippen molar-refractivity contribution in [1.82, 2.24) is 10.6 Å². The molecule has 0 amide bonds. The molecule has 0 spiro atoms. The van der Waals surface area contributed by atoms with Crippen LogP contribution in [0.15, 0.2) is 35.3 Å². The van der Waals surface area contributed by atoms with Crippen molar-refractivity contribution in [2.24, 2.45) is 4.99 Å². The summed E-state index contributed by atoms with van der Waals surface area (Å²) >= 11 is 0. The minimum atomic E-state index is -0.548. The topological polar surface area (TPSA) is 67.4 Å². The number of guanidine groups is 1. The summed E-state index contributed by atoms with van der Waals surface area (Å²) in [7, 11) is 4.70. The fraction of sp³-hybridized carbons (Fsp3) is 0.435. The molecule has 33 heavy (non-hydrogen) atoms. The maximum absolute atomic E-state index is 14.1. The van der Waals surface area contributed by atoms with Crippen LogP contribution in [-0.2, 0) is 6.54 Å². The van der Waals surface area contributed by atoms with Crippen molar-refractivity contribution in [3.8, 4) is 17.2 Å². The molecule has 182 valence electrons. The predicted octanol–water partition coefficient (Wildman–Crippen LogP) is 3.94. The summed E-state index contributed by atoms with van der Waals surface area (Å²) in [5.74, 6) is 1.19. The van der Waals surface area contributed by atoms with Crippen LogP contribution in [0.3, 0.4) is 0 Å². The van der Waals surface area contributed by atoms with Crippen molar-refractivity contribution in [3.63, 3.8) is 0 Å². The van der Waals surface area contributed by atoms with E-state index in [4.69, 9.17) is 14.2 Å². The highest BCUT2D eigenvalue weighted by molar-refractivity contribution is 14.0. The van der Waals surface area contributed by atoms with Gasteiger partial charge in [-0.25, -0.2) is 13.8 Å². The molecule has 2 aromatic rings. The Morgan fingerprint density at radius 2 is 1.73 bits per heavy atom. The number of nitrogens with zero attached hydrogens (tertiary/aromatic N) is 2. The third kappa shape index (κ3) is 6.52. The number of hydrogen-bond donors (Lipinski definition) is 2. The molecule has 0 bridgehead atoms. The zero-order chi connectivity index (χ0) is 23.1. The Kier molecular flexibility index (Phi) is 10.3. The molecule has 1 heterocycles. The molecule has 0 saturated carbocycles. The van der Waals surface area contributed by atoms with Crippen molar-refractivity contribution in [1.29, 1.82) is 0 Å². The smallest absolute Gasteiger partial charge is 0.203 e. The number of benzene rings is 2. The van der Waals surface area contributed by atoms with Crippen molar-refractivity contribution in [3.05, 3.63) is 47.5 Å². The Balaban J connectivity index is 0.00000385. The Morgan fingerprint density at radius 3 is 2.27 bits per heavy atom. The molecule has 0 aliphatic carbocycles. The fourth-order valence-corrected chi connectivity index (χ4v) is 3.78.